The van der Waals surface area contributed by atoms with Crippen molar-refractivity contribution in [3.63, 3.8) is 0 Å². The number of imidazole rings is 1. The molecule has 8 nitrogen and oxygen atoms in total. The van der Waals surface area contributed by atoms with E-state index < -0.39 is 0 Å². The largest absolute Gasteiger partial charge is 0.352 e. The highest BCUT2D eigenvalue weighted by Gasteiger charge is 2.16. The number of thioether (sulfide) groups is 1. The van der Waals surface area contributed by atoms with Gasteiger partial charge in [-0.2, -0.15) is 4.98 Å². The molecule has 0 saturated heterocycles. The first-order chi connectivity index (χ1) is 14.9. The van der Waals surface area contributed by atoms with Crippen molar-refractivity contribution in [1.29, 1.82) is 0 Å². The van der Waals surface area contributed by atoms with Crippen LogP contribution in [0.25, 0.3) is 11.5 Å². The van der Waals surface area contributed by atoms with Crippen LogP contribution in [0, 0.1) is 26.6 Å². The number of benzene rings is 1. The zero-order chi connectivity index (χ0) is 22.1. The molecule has 3 heterocycles. The Labute approximate surface area is 182 Å². The highest BCUT2D eigenvalue weighted by atomic mass is 32.2. The highest BCUT2D eigenvalue weighted by molar-refractivity contribution is 7.98. The van der Waals surface area contributed by atoms with Gasteiger partial charge in [0.1, 0.15) is 11.6 Å². The Balaban J connectivity index is 1.46. The van der Waals surface area contributed by atoms with Gasteiger partial charge >= 0.3 is 0 Å². The summed E-state index contributed by atoms with van der Waals surface area (Å²) in [6, 6.07) is 4.91. The Morgan fingerprint density at radius 2 is 2.03 bits per heavy atom. The minimum atomic E-state index is -0.370. The maximum Gasteiger partial charge on any atom is 0.253 e. The monoisotopic (exact) mass is 439 g/mol. The fraction of sp³-hybridized carbons (Fsp3) is 0.286. The van der Waals surface area contributed by atoms with Crippen LogP contribution in [-0.2, 0) is 17.8 Å². The molecule has 10 heteroatoms. The second-order valence-electron chi connectivity index (χ2n) is 7.16. The van der Waals surface area contributed by atoms with Gasteiger partial charge in [-0.25, -0.2) is 18.9 Å². The number of hydrogen-bond acceptors (Lipinski definition) is 6. The number of rotatable bonds is 6. The van der Waals surface area contributed by atoms with E-state index in [0.29, 0.717) is 28.0 Å². The molecule has 0 saturated carbocycles. The Morgan fingerprint density at radius 1 is 1.23 bits per heavy atom. The van der Waals surface area contributed by atoms with E-state index in [1.54, 1.807) is 33.6 Å². The molecule has 1 N–H and O–H groups in total. The summed E-state index contributed by atoms with van der Waals surface area (Å²) in [6.07, 6.45) is 5.39. The van der Waals surface area contributed by atoms with E-state index in [2.05, 4.69) is 25.4 Å². The van der Waals surface area contributed by atoms with E-state index in [-0.39, 0.29) is 24.7 Å². The lowest BCUT2D eigenvalue weighted by Gasteiger charge is -2.12. The predicted molar refractivity (Wildman–Crippen MR) is 116 cm³/mol. The lowest BCUT2D eigenvalue weighted by atomic mass is 10.1. The summed E-state index contributed by atoms with van der Waals surface area (Å²) in [4.78, 5) is 25.5. The first-order valence-corrected chi connectivity index (χ1v) is 10.9. The van der Waals surface area contributed by atoms with Crippen molar-refractivity contribution in [2.45, 2.75) is 38.9 Å². The summed E-state index contributed by atoms with van der Waals surface area (Å²) < 4.78 is 17.9. The molecule has 31 heavy (non-hydrogen) atoms. The molecule has 0 aliphatic heterocycles. The first kappa shape index (κ1) is 21.0. The SMILES string of the molecule is CSc1nc2nc(C)c(CC(=O)NCc3ccc(-n4ccnc4C)c(F)c3)c(C)n2n1. The van der Waals surface area contributed by atoms with Crippen molar-refractivity contribution in [3.8, 4) is 5.69 Å². The molecule has 160 valence electrons. The van der Waals surface area contributed by atoms with Gasteiger partial charge in [-0.3, -0.25) is 4.79 Å². The number of aromatic nitrogens is 6. The third kappa shape index (κ3) is 4.15. The molecular weight excluding hydrogens is 417 g/mol. The van der Waals surface area contributed by atoms with Gasteiger partial charge < -0.3 is 9.88 Å². The molecule has 0 radical (unpaired) electrons. The molecule has 0 aliphatic rings. The number of amides is 1. The van der Waals surface area contributed by atoms with E-state index >= 15 is 0 Å². The van der Waals surface area contributed by atoms with E-state index in [0.717, 1.165) is 17.0 Å². The minimum Gasteiger partial charge on any atom is -0.352 e. The van der Waals surface area contributed by atoms with Crippen molar-refractivity contribution in [2.75, 3.05) is 6.26 Å². The van der Waals surface area contributed by atoms with Gasteiger partial charge in [0.05, 0.1) is 12.1 Å². The summed E-state index contributed by atoms with van der Waals surface area (Å²) >= 11 is 1.44. The summed E-state index contributed by atoms with van der Waals surface area (Å²) in [5.41, 5.74) is 3.48. The van der Waals surface area contributed by atoms with Gasteiger partial charge in [0.15, 0.2) is 0 Å². The molecule has 4 rings (SSSR count). The summed E-state index contributed by atoms with van der Waals surface area (Å²) in [7, 11) is 0. The number of carbonyl (C=O) groups is 1. The van der Waals surface area contributed by atoms with E-state index in [4.69, 9.17) is 0 Å². The van der Waals surface area contributed by atoms with Crippen LogP contribution < -0.4 is 5.32 Å². The van der Waals surface area contributed by atoms with Crippen LogP contribution in [-0.4, -0.2) is 41.3 Å². The van der Waals surface area contributed by atoms with Crippen molar-refractivity contribution < 1.29 is 9.18 Å². The third-order valence-electron chi connectivity index (χ3n) is 5.14. The lowest BCUT2D eigenvalue weighted by Crippen LogP contribution is -2.26. The fourth-order valence-corrected chi connectivity index (χ4v) is 3.78. The van der Waals surface area contributed by atoms with Gasteiger partial charge in [-0.05, 0) is 44.7 Å². The maximum atomic E-state index is 14.6. The van der Waals surface area contributed by atoms with Gasteiger partial charge in [0.2, 0.25) is 11.1 Å². The molecule has 0 aliphatic carbocycles. The minimum absolute atomic E-state index is 0.157. The Bertz CT molecular complexity index is 1280. The molecule has 3 aromatic heterocycles. The third-order valence-corrected chi connectivity index (χ3v) is 5.67. The zero-order valence-corrected chi connectivity index (χ0v) is 18.5. The number of nitrogens with one attached hydrogen (secondary N) is 1. The Morgan fingerprint density at radius 3 is 2.71 bits per heavy atom. The lowest BCUT2D eigenvalue weighted by molar-refractivity contribution is -0.120. The average molecular weight is 440 g/mol. The quantitative estimate of drug-likeness (QED) is 0.465. The second kappa shape index (κ2) is 8.46. The molecule has 0 fully saturated rings. The first-order valence-electron chi connectivity index (χ1n) is 9.69. The Kier molecular flexibility index (Phi) is 5.73. The van der Waals surface area contributed by atoms with Crippen LogP contribution in [0.5, 0.6) is 0 Å². The highest BCUT2D eigenvalue weighted by Crippen LogP contribution is 2.18. The maximum absolute atomic E-state index is 14.6. The topological polar surface area (TPSA) is 90.0 Å². The van der Waals surface area contributed by atoms with Crippen LogP contribution in [0.4, 0.5) is 4.39 Å². The summed E-state index contributed by atoms with van der Waals surface area (Å²) in [5, 5.41) is 7.89. The molecule has 0 bridgehead atoms. The normalized spacial score (nSPS) is 11.3. The van der Waals surface area contributed by atoms with E-state index in [9.17, 15) is 9.18 Å². The fourth-order valence-electron chi connectivity index (χ4n) is 3.44. The second-order valence-corrected chi connectivity index (χ2v) is 7.93. The number of nitrogens with zero attached hydrogens (tertiary/aromatic N) is 6. The molecule has 0 spiro atoms. The van der Waals surface area contributed by atoms with Crippen molar-refractivity contribution in [3.05, 3.63) is 64.7 Å². The van der Waals surface area contributed by atoms with Crippen molar-refractivity contribution in [2.24, 2.45) is 0 Å². The Hall–Kier alpha value is -3.27. The number of fused-ring (bicyclic) bond motifs is 1. The van der Waals surface area contributed by atoms with Gasteiger partial charge in [0, 0.05) is 35.9 Å². The van der Waals surface area contributed by atoms with Crippen LogP contribution in [0.2, 0.25) is 0 Å². The summed E-state index contributed by atoms with van der Waals surface area (Å²) in [5.74, 6) is 0.679. The van der Waals surface area contributed by atoms with Gasteiger partial charge in [-0.1, -0.05) is 17.8 Å². The van der Waals surface area contributed by atoms with E-state index in [1.165, 1.54) is 17.8 Å². The van der Waals surface area contributed by atoms with Crippen LogP contribution in [0.1, 0.15) is 28.3 Å². The van der Waals surface area contributed by atoms with Crippen LogP contribution in [0.3, 0.4) is 0 Å². The molecule has 0 unspecified atom stereocenters. The number of halogens is 1. The molecule has 1 aromatic carbocycles. The average Bonchev–Trinajstić information content (AvgIpc) is 3.35. The standard InChI is InChI=1S/C21H22FN7OS/c1-12-16(13(2)29-20(25-12)26-21(27-29)31-4)10-19(30)24-11-15-5-6-18(17(22)9-15)28-8-7-23-14(28)3/h5-9H,10-11H2,1-4H3,(H,24,30). The molecule has 4 aromatic rings. The number of aryl methyl sites for hydroxylation is 3. The molecule has 0 atom stereocenters. The van der Waals surface area contributed by atoms with Crippen molar-refractivity contribution >= 4 is 23.4 Å². The zero-order valence-electron chi connectivity index (χ0n) is 17.7. The van der Waals surface area contributed by atoms with E-state index in [1.807, 2.05) is 27.0 Å². The molecule has 1 amide bonds. The van der Waals surface area contributed by atoms with Gasteiger partial charge in [-0.15, -0.1) is 5.10 Å². The van der Waals surface area contributed by atoms with Crippen molar-refractivity contribution in [1.82, 2.24) is 34.4 Å². The van der Waals surface area contributed by atoms with Crippen LogP contribution in [0.15, 0.2) is 35.7 Å². The van der Waals surface area contributed by atoms with Crippen LogP contribution >= 0.6 is 11.8 Å². The number of hydrogen-bond donors (Lipinski definition) is 1. The van der Waals surface area contributed by atoms with Gasteiger partial charge in [0.25, 0.3) is 5.78 Å². The summed E-state index contributed by atoms with van der Waals surface area (Å²) in [6.45, 7) is 5.79. The number of carbonyl (C=O) groups excluding carboxylic acids is 1. The predicted octanol–water partition coefficient (Wildman–Crippen LogP) is 2.96. The molecular formula is C21H22FN7OS. The smallest absolute Gasteiger partial charge is 0.253 e.